The highest BCUT2D eigenvalue weighted by molar-refractivity contribution is 7.95. The van der Waals surface area contributed by atoms with Gasteiger partial charge in [0.15, 0.2) is 11.5 Å². The van der Waals surface area contributed by atoms with Gasteiger partial charge in [-0.1, -0.05) is 249 Å². The third-order valence-corrected chi connectivity index (χ3v) is 17.7. The summed E-state index contributed by atoms with van der Waals surface area (Å²) in [5.41, 5.74) is 1.25. The van der Waals surface area contributed by atoms with E-state index in [9.17, 15) is 0 Å². The zero-order valence-electron chi connectivity index (χ0n) is 42.0. The first-order valence-corrected chi connectivity index (χ1v) is 29.3. The lowest BCUT2D eigenvalue weighted by molar-refractivity contribution is 0.234. The lowest BCUT2D eigenvalue weighted by atomic mass is 10.1. The molecule has 4 rings (SSSR count). The van der Waals surface area contributed by atoms with Crippen molar-refractivity contribution < 1.29 is 14.2 Å². The van der Waals surface area contributed by atoms with E-state index in [0.717, 1.165) is 42.7 Å². The molecule has 0 fully saturated rings. The summed E-state index contributed by atoms with van der Waals surface area (Å²) in [6.45, 7) is 8.98. The van der Waals surface area contributed by atoms with Crippen molar-refractivity contribution in [3.63, 3.8) is 0 Å². The van der Waals surface area contributed by atoms with E-state index < -0.39 is 7.26 Å². The molecule has 0 aliphatic heterocycles. The SMILES string of the molecule is CCCCCCCCCCCCOc1cc(C[P+](c2ccccc2)(c2ccccc2)c2ccccc2)cc(OCCCCCCCCCCCC)c1OCCCCCCCCCCCC. The minimum Gasteiger partial charge on any atom is -0.490 e. The smallest absolute Gasteiger partial charge is 0.203 e. The first-order valence-electron chi connectivity index (χ1n) is 27.3. The molecule has 0 radical (unpaired) electrons. The Bertz CT molecular complexity index is 1550. The lowest BCUT2D eigenvalue weighted by Crippen LogP contribution is -2.32. The van der Waals surface area contributed by atoms with Crippen LogP contribution in [0.25, 0.3) is 0 Å². The maximum atomic E-state index is 6.89. The molecule has 0 atom stereocenters. The fourth-order valence-corrected chi connectivity index (χ4v) is 13.6. The fraction of sp³-hybridized carbons (Fsp3) is 0.607. The standard InChI is InChI=1S/C61H94O3P/c1-4-7-10-13-16-19-22-25-28-40-49-62-59-52-55(54-65(56-43-34-31-35-44-56,57-45-36-32-37-46-57)58-47-38-33-39-48-58)53-60(63-50-41-29-26-23-20-17-14-11-8-5-2)61(59)64-51-42-30-27-24-21-18-15-12-9-6-3/h31-39,43-48,52-53H,4-30,40-42,49-51,54H2,1-3H3/q+1. The molecule has 0 heterocycles. The summed E-state index contributed by atoms with van der Waals surface area (Å²) in [7, 11) is -2.14. The molecule has 3 nitrogen and oxygen atoms in total. The maximum absolute atomic E-state index is 6.89. The van der Waals surface area contributed by atoms with Gasteiger partial charge in [0, 0.05) is 0 Å². The minimum absolute atomic E-state index is 0.689. The first kappa shape index (κ1) is 54.3. The van der Waals surface area contributed by atoms with Gasteiger partial charge in [-0.15, -0.1) is 0 Å². The molecule has 65 heavy (non-hydrogen) atoms. The molecule has 0 bridgehead atoms. The van der Waals surface area contributed by atoms with Gasteiger partial charge in [0.2, 0.25) is 5.75 Å². The summed E-state index contributed by atoms with van der Waals surface area (Å²) in [6, 6.07) is 38.4. The Morgan fingerprint density at radius 2 is 0.569 bits per heavy atom. The fourth-order valence-electron chi connectivity index (χ4n) is 9.43. The van der Waals surface area contributed by atoms with E-state index >= 15 is 0 Å². The number of hydrogen-bond donors (Lipinski definition) is 0. The van der Waals surface area contributed by atoms with Crippen molar-refractivity contribution in [1.82, 2.24) is 0 Å². The van der Waals surface area contributed by atoms with Crippen LogP contribution in [0.3, 0.4) is 0 Å². The van der Waals surface area contributed by atoms with Crippen molar-refractivity contribution in [2.24, 2.45) is 0 Å². The monoisotopic (exact) mass is 906 g/mol. The Morgan fingerprint density at radius 1 is 0.308 bits per heavy atom. The van der Waals surface area contributed by atoms with Crippen LogP contribution in [-0.2, 0) is 6.16 Å². The molecule has 0 saturated heterocycles. The topological polar surface area (TPSA) is 27.7 Å². The molecule has 0 aromatic heterocycles. The van der Waals surface area contributed by atoms with Crippen molar-refractivity contribution in [2.75, 3.05) is 19.8 Å². The predicted molar refractivity (Wildman–Crippen MR) is 287 cm³/mol. The number of ether oxygens (including phenoxy) is 3. The van der Waals surface area contributed by atoms with E-state index in [1.54, 1.807) is 0 Å². The molecule has 0 amide bonds. The average molecular weight is 906 g/mol. The number of rotatable bonds is 41. The number of benzene rings is 4. The summed E-state index contributed by atoms with van der Waals surface area (Å²) in [5, 5.41) is 4.16. The van der Waals surface area contributed by atoms with Gasteiger partial charge in [0.05, 0.1) is 26.0 Å². The molecule has 360 valence electrons. The Hall–Kier alpha value is -3.29. The van der Waals surface area contributed by atoms with Crippen LogP contribution in [0.15, 0.2) is 103 Å². The van der Waals surface area contributed by atoms with Gasteiger partial charge in [-0.05, 0) is 73.4 Å². The maximum Gasteiger partial charge on any atom is 0.203 e. The van der Waals surface area contributed by atoms with E-state index in [1.165, 1.54) is 195 Å². The third-order valence-electron chi connectivity index (χ3n) is 13.3. The molecule has 0 aliphatic rings. The minimum atomic E-state index is -2.14. The van der Waals surface area contributed by atoms with Gasteiger partial charge in [-0.25, -0.2) is 0 Å². The van der Waals surface area contributed by atoms with Crippen LogP contribution in [0.4, 0.5) is 0 Å². The van der Waals surface area contributed by atoms with Crippen molar-refractivity contribution in [2.45, 2.75) is 220 Å². The highest BCUT2D eigenvalue weighted by Gasteiger charge is 2.45. The second kappa shape index (κ2) is 35.8. The molecular weight excluding hydrogens is 812 g/mol. The van der Waals surface area contributed by atoms with Gasteiger partial charge in [-0.2, -0.15) is 0 Å². The van der Waals surface area contributed by atoms with Crippen LogP contribution in [-0.4, -0.2) is 19.8 Å². The molecule has 4 aromatic carbocycles. The molecule has 4 aromatic rings. The zero-order valence-corrected chi connectivity index (χ0v) is 42.9. The van der Waals surface area contributed by atoms with Crippen molar-refractivity contribution in [3.05, 3.63) is 109 Å². The predicted octanol–water partition coefficient (Wildman–Crippen LogP) is 18.1. The largest absolute Gasteiger partial charge is 0.490 e. The van der Waals surface area contributed by atoms with Crippen molar-refractivity contribution in [3.8, 4) is 17.2 Å². The van der Waals surface area contributed by atoms with Crippen LogP contribution in [0, 0.1) is 0 Å². The van der Waals surface area contributed by atoms with Crippen LogP contribution < -0.4 is 30.1 Å². The molecule has 0 unspecified atom stereocenters. The Morgan fingerprint density at radius 3 is 0.862 bits per heavy atom. The van der Waals surface area contributed by atoms with Gasteiger partial charge >= 0.3 is 0 Å². The highest BCUT2D eigenvalue weighted by atomic mass is 31.2. The lowest BCUT2D eigenvalue weighted by Gasteiger charge is -2.28. The quantitative estimate of drug-likeness (QED) is 0.0328. The van der Waals surface area contributed by atoms with E-state index in [4.69, 9.17) is 14.2 Å². The van der Waals surface area contributed by atoms with Crippen molar-refractivity contribution in [1.29, 1.82) is 0 Å². The summed E-state index contributed by atoms with van der Waals surface area (Å²) < 4.78 is 20.6. The Kier molecular flexibility index (Phi) is 30.0. The summed E-state index contributed by atoms with van der Waals surface area (Å²) in [5.74, 6) is 2.53. The van der Waals surface area contributed by atoms with Crippen LogP contribution in [0.5, 0.6) is 17.2 Å². The van der Waals surface area contributed by atoms with Gasteiger partial charge in [-0.3, -0.25) is 0 Å². The molecule has 0 aliphatic carbocycles. The van der Waals surface area contributed by atoms with E-state index in [-0.39, 0.29) is 0 Å². The second-order valence-corrected chi connectivity index (χ2v) is 22.5. The Labute approximate surface area is 401 Å². The molecule has 0 saturated carbocycles. The zero-order chi connectivity index (χ0) is 45.7. The molecule has 0 spiro atoms. The van der Waals surface area contributed by atoms with E-state index in [1.807, 2.05) is 0 Å². The van der Waals surface area contributed by atoms with Crippen LogP contribution >= 0.6 is 7.26 Å². The molecular formula is C61H94O3P+. The second-order valence-electron chi connectivity index (χ2n) is 19.0. The number of unbranched alkanes of at least 4 members (excludes halogenated alkanes) is 27. The van der Waals surface area contributed by atoms with Gasteiger partial charge in [0.1, 0.15) is 23.2 Å². The first-order chi connectivity index (χ1) is 32.2. The number of hydrogen-bond acceptors (Lipinski definition) is 3. The van der Waals surface area contributed by atoms with Gasteiger partial charge < -0.3 is 14.2 Å². The summed E-state index contributed by atoms with van der Waals surface area (Å²) in [6.07, 6.45) is 40.1. The van der Waals surface area contributed by atoms with E-state index in [0.29, 0.717) is 19.8 Å². The molecule has 4 heteroatoms. The highest BCUT2D eigenvalue weighted by Crippen LogP contribution is 2.59. The summed E-state index contributed by atoms with van der Waals surface area (Å²) >= 11 is 0. The van der Waals surface area contributed by atoms with Gasteiger partial charge in [0.25, 0.3) is 0 Å². The van der Waals surface area contributed by atoms with Crippen LogP contribution in [0.2, 0.25) is 0 Å². The average Bonchev–Trinajstić information content (AvgIpc) is 3.34. The van der Waals surface area contributed by atoms with E-state index in [2.05, 4.69) is 124 Å². The normalized spacial score (nSPS) is 11.6. The third kappa shape index (κ3) is 21.5. The van der Waals surface area contributed by atoms with Crippen molar-refractivity contribution >= 4 is 23.2 Å². The summed E-state index contributed by atoms with van der Waals surface area (Å²) in [4.78, 5) is 0. The molecule has 0 N–H and O–H groups in total. The van der Waals surface area contributed by atoms with Crippen LogP contribution in [0.1, 0.15) is 219 Å². The Balaban J connectivity index is 1.57.